The van der Waals surface area contributed by atoms with Crippen LogP contribution in [0.3, 0.4) is 0 Å². The van der Waals surface area contributed by atoms with Gasteiger partial charge in [0, 0.05) is 22.3 Å². The quantitative estimate of drug-likeness (QED) is 0.146. The van der Waals surface area contributed by atoms with Gasteiger partial charge in [0.15, 0.2) is 6.29 Å². The van der Waals surface area contributed by atoms with E-state index in [1.807, 2.05) is 18.2 Å². The van der Waals surface area contributed by atoms with Crippen LogP contribution in [-0.2, 0) is 21.5 Å². The average molecular weight is 640 g/mol. The van der Waals surface area contributed by atoms with E-state index in [-0.39, 0.29) is 6.29 Å². The Labute approximate surface area is 278 Å². The lowest BCUT2D eigenvalue weighted by molar-refractivity contribution is -0.219. The summed E-state index contributed by atoms with van der Waals surface area (Å²) < 4.78 is 12.5. The fourth-order valence-electron chi connectivity index (χ4n) is 6.45. The molecule has 5 heteroatoms. The molecule has 1 aliphatic carbocycles. The summed E-state index contributed by atoms with van der Waals surface area (Å²) in [6, 6.07) is 28.0. The molecule has 2 heterocycles. The first-order valence-electron chi connectivity index (χ1n) is 16.7. The molecule has 2 fully saturated rings. The van der Waals surface area contributed by atoms with Crippen LogP contribution in [-0.4, -0.2) is 23.6 Å². The SMILES string of the molecule is CCC1(CS[C@H](CCc2ccccc2C(C)(C)OC2CCCCO2)c2cccc(C=Cc3ccc4ccc(Cl)cc4n3)c2)CC1. The number of aryl methyl sites for hydroxylation is 1. The van der Waals surface area contributed by atoms with Crippen LogP contribution >= 0.6 is 23.4 Å². The van der Waals surface area contributed by atoms with Crippen molar-refractivity contribution in [2.45, 2.75) is 89.3 Å². The van der Waals surface area contributed by atoms with Crippen molar-refractivity contribution in [1.29, 1.82) is 0 Å². The van der Waals surface area contributed by atoms with Gasteiger partial charge in [-0.05, 0) is 123 Å². The molecule has 2 aliphatic rings. The number of thioether (sulfide) groups is 1. The van der Waals surface area contributed by atoms with E-state index in [0.29, 0.717) is 15.7 Å². The Balaban J connectivity index is 1.20. The van der Waals surface area contributed by atoms with Crippen molar-refractivity contribution in [3.05, 3.63) is 112 Å². The molecule has 236 valence electrons. The first-order valence-corrected chi connectivity index (χ1v) is 18.1. The Kier molecular flexibility index (Phi) is 10.4. The second-order valence-corrected chi connectivity index (χ2v) is 15.0. The van der Waals surface area contributed by atoms with E-state index in [1.165, 1.54) is 53.7 Å². The number of hydrogen-bond donors (Lipinski definition) is 0. The molecule has 1 aromatic heterocycles. The standard InChI is InChI=1S/C40H46ClNO2S/c1-4-40(23-24-40)28-45-37(22-18-30-11-5-6-13-35(30)39(2,3)44-38-14-7-8-25-43-38)32-12-9-10-29(26-32)15-20-34-21-17-31-16-19-33(41)27-36(31)42-34/h5-6,9-13,15-17,19-21,26-27,37-38H,4,7-8,14,18,22-25,28H2,1-3H3/t37-,38?/m1/s1. The molecule has 0 amide bonds. The van der Waals surface area contributed by atoms with E-state index in [1.54, 1.807) is 0 Å². The van der Waals surface area contributed by atoms with Gasteiger partial charge >= 0.3 is 0 Å². The second kappa shape index (κ2) is 14.4. The highest BCUT2D eigenvalue weighted by molar-refractivity contribution is 7.99. The lowest BCUT2D eigenvalue weighted by Gasteiger charge is -2.34. The molecule has 1 aliphatic heterocycles. The summed E-state index contributed by atoms with van der Waals surface area (Å²) in [5, 5.41) is 2.22. The van der Waals surface area contributed by atoms with Crippen LogP contribution in [0.25, 0.3) is 23.1 Å². The molecule has 45 heavy (non-hydrogen) atoms. The predicted molar refractivity (Wildman–Crippen MR) is 192 cm³/mol. The fraction of sp³-hybridized carbons (Fsp3) is 0.425. The number of pyridine rings is 1. The normalized spacial score (nSPS) is 18.8. The van der Waals surface area contributed by atoms with Crippen LogP contribution in [0.15, 0.2) is 78.9 Å². The maximum atomic E-state index is 6.57. The zero-order valence-electron chi connectivity index (χ0n) is 26.9. The highest BCUT2D eigenvalue weighted by Crippen LogP contribution is 2.53. The first kappa shape index (κ1) is 32.3. The molecule has 1 saturated carbocycles. The van der Waals surface area contributed by atoms with Crippen LogP contribution in [0, 0.1) is 5.41 Å². The monoisotopic (exact) mass is 639 g/mol. The molecule has 1 unspecified atom stereocenters. The van der Waals surface area contributed by atoms with E-state index in [0.717, 1.165) is 48.9 Å². The van der Waals surface area contributed by atoms with Crippen molar-refractivity contribution >= 4 is 46.4 Å². The minimum atomic E-state index is -0.408. The molecule has 0 N–H and O–H groups in total. The van der Waals surface area contributed by atoms with Crippen molar-refractivity contribution in [2.75, 3.05) is 12.4 Å². The Morgan fingerprint density at radius 3 is 2.67 bits per heavy atom. The van der Waals surface area contributed by atoms with E-state index >= 15 is 0 Å². The summed E-state index contributed by atoms with van der Waals surface area (Å²) in [4.78, 5) is 4.82. The summed E-state index contributed by atoms with van der Waals surface area (Å²) in [5.74, 6) is 1.23. The molecule has 3 nitrogen and oxygen atoms in total. The van der Waals surface area contributed by atoms with Crippen LogP contribution < -0.4 is 0 Å². The molecule has 4 aromatic rings. The number of benzene rings is 3. The van der Waals surface area contributed by atoms with Gasteiger partial charge in [0.1, 0.15) is 0 Å². The van der Waals surface area contributed by atoms with Gasteiger partial charge in [-0.3, -0.25) is 0 Å². The van der Waals surface area contributed by atoms with Gasteiger partial charge in [-0.25, -0.2) is 4.98 Å². The van der Waals surface area contributed by atoms with Crippen LogP contribution in [0.5, 0.6) is 0 Å². The van der Waals surface area contributed by atoms with E-state index in [2.05, 4.69) is 105 Å². The van der Waals surface area contributed by atoms with Gasteiger partial charge in [0.25, 0.3) is 0 Å². The summed E-state index contributed by atoms with van der Waals surface area (Å²) in [7, 11) is 0. The van der Waals surface area contributed by atoms with Crippen molar-refractivity contribution in [2.24, 2.45) is 5.41 Å². The van der Waals surface area contributed by atoms with Gasteiger partial charge in [0.05, 0.1) is 16.8 Å². The number of rotatable bonds is 13. The number of ether oxygens (including phenoxy) is 2. The number of fused-ring (bicyclic) bond motifs is 1. The minimum Gasteiger partial charge on any atom is -0.353 e. The van der Waals surface area contributed by atoms with Gasteiger partial charge in [-0.1, -0.05) is 85.3 Å². The molecule has 0 spiro atoms. The third-order valence-electron chi connectivity index (χ3n) is 9.61. The van der Waals surface area contributed by atoms with E-state index in [4.69, 9.17) is 26.1 Å². The Bertz CT molecular complexity index is 1620. The maximum Gasteiger partial charge on any atom is 0.158 e. The van der Waals surface area contributed by atoms with Gasteiger partial charge < -0.3 is 9.47 Å². The van der Waals surface area contributed by atoms with Gasteiger partial charge in [-0.15, -0.1) is 0 Å². The van der Waals surface area contributed by atoms with Crippen LogP contribution in [0.1, 0.15) is 98.9 Å². The second-order valence-electron chi connectivity index (χ2n) is 13.3. The molecule has 1 saturated heterocycles. The topological polar surface area (TPSA) is 31.4 Å². The van der Waals surface area contributed by atoms with Gasteiger partial charge in [0.2, 0.25) is 0 Å². The van der Waals surface area contributed by atoms with Gasteiger partial charge in [-0.2, -0.15) is 11.8 Å². The minimum absolute atomic E-state index is 0.118. The fourth-order valence-corrected chi connectivity index (χ4v) is 8.29. The van der Waals surface area contributed by atoms with Crippen molar-refractivity contribution in [1.82, 2.24) is 4.98 Å². The molecule has 2 atom stereocenters. The third-order valence-corrected chi connectivity index (χ3v) is 11.5. The smallest absolute Gasteiger partial charge is 0.158 e. The molecular weight excluding hydrogens is 594 g/mol. The summed E-state index contributed by atoms with van der Waals surface area (Å²) in [6.45, 7) is 7.55. The van der Waals surface area contributed by atoms with Crippen molar-refractivity contribution in [3.63, 3.8) is 0 Å². The molecule has 0 bridgehead atoms. The number of halogens is 1. The Hall–Kier alpha value is -2.63. The van der Waals surface area contributed by atoms with Crippen LogP contribution in [0.2, 0.25) is 5.02 Å². The average Bonchev–Trinajstić information content (AvgIpc) is 3.84. The first-order chi connectivity index (χ1) is 21.8. The lowest BCUT2D eigenvalue weighted by atomic mass is 9.89. The number of aromatic nitrogens is 1. The summed E-state index contributed by atoms with van der Waals surface area (Å²) >= 11 is 8.38. The number of nitrogens with zero attached hydrogens (tertiary/aromatic N) is 1. The zero-order chi connectivity index (χ0) is 31.3. The molecule has 6 rings (SSSR count). The highest BCUT2D eigenvalue weighted by atomic mass is 35.5. The van der Waals surface area contributed by atoms with E-state index < -0.39 is 5.60 Å². The Morgan fingerprint density at radius 1 is 1.02 bits per heavy atom. The maximum absolute atomic E-state index is 6.57. The summed E-state index contributed by atoms with van der Waals surface area (Å²) in [5.41, 5.74) is 7.23. The molecule has 0 radical (unpaired) electrons. The highest BCUT2D eigenvalue weighted by Gasteiger charge is 2.41. The van der Waals surface area contributed by atoms with Crippen LogP contribution in [0.4, 0.5) is 0 Å². The van der Waals surface area contributed by atoms with Crippen molar-refractivity contribution in [3.8, 4) is 0 Å². The predicted octanol–water partition coefficient (Wildman–Crippen LogP) is 11.4. The number of hydrogen-bond acceptors (Lipinski definition) is 4. The van der Waals surface area contributed by atoms with Crippen molar-refractivity contribution < 1.29 is 9.47 Å². The summed E-state index contributed by atoms with van der Waals surface area (Å²) in [6.07, 6.45) is 13.5. The third kappa shape index (κ3) is 8.40. The lowest BCUT2D eigenvalue weighted by Crippen LogP contribution is -2.33. The Morgan fingerprint density at radius 2 is 1.87 bits per heavy atom. The molecule has 3 aromatic carbocycles. The zero-order valence-corrected chi connectivity index (χ0v) is 28.5. The van der Waals surface area contributed by atoms with E-state index in [9.17, 15) is 0 Å². The largest absolute Gasteiger partial charge is 0.353 e. The molecular formula is C40H46ClNO2S.